The highest BCUT2D eigenvalue weighted by Gasteiger charge is 2.32. The van der Waals surface area contributed by atoms with Gasteiger partial charge in [0.25, 0.3) is 0 Å². The van der Waals surface area contributed by atoms with Crippen LogP contribution in [0, 0.1) is 6.92 Å². The van der Waals surface area contributed by atoms with E-state index in [9.17, 15) is 0 Å². The van der Waals surface area contributed by atoms with Crippen LogP contribution < -0.4 is 4.90 Å². The molecule has 2 nitrogen and oxygen atoms in total. The molecule has 0 saturated heterocycles. The van der Waals surface area contributed by atoms with Crippen LogP contribution in [0.1, 0.15) is 32.4 Å². The Hall–Kier alpha value is -6.23. The second-order valence-corrected chi connectivity index (χ2v) is 16.5. The topological polar surface area (TPSA) is 8.17 Å². The van der Waals surface area contributed by atoms with Gasteiger partial charge in [-0.05, 0) is 136 Å². The van der Waals surface area contributed by atoms with Crippen LogP contribution in [0.4, 0.5) is 17.1 Å². The Kier molecular flexibility index (Phi) is 8.91. The van der Waals surface area contributed by atoms with Crippen molar-refractivity contribution in [2.75, 3.05) is 4.90 Å². The lowest BCUT2D eigenvalue weighted by Crippen LogP contribution is -2.22. The van der Waals surface area contributed by atoms with Crippen LogP contribution in [0.3, 0.4) is 0 Å². The molecule has 0 saturated carbocycles. The third kappa shape index (κ3) is 5.73. The number of fused-ring (bicyclic) bond motifs is 6. The van der Waals surface area contributed by atoms with Gasteiger partial charge in [-0.1, -0.05) is 133 Å². The Morgan fingerprint density at radius 1 is 0.517 bits per heavy atom. The fraction of sp³-hybridized carbons (Fsp3) is 0.111. The van der Waals surface area contributed by atoms with Crippen LogP contribution in [0.15, 0.2) is 191 Å². The number of aromatic nitrogens is 1. The number of nitrogens with zero attached hydrogens (tertiary/aromatic N) is 2. The zero-order chi connectivity index (χ0) is 39.7. The molecule has 280 valence electrons. The summed E-state index contributed by atoms with van der Waals surface area (Å²) in [7, 11) is 2.39. The van der Waals surface area contributed by atoms with Crippen LogP contribution in [0.2, 0.25) is 5.82 Å². The minimum absolute atomic E-state index is 0.125. The summed E-state index contributed by atoms with van der Waals surface area (Å²) in [6.07, 6.45) is 0. The van der Waals surface area contributed by atoms with Crippen molar-refractivity contribution in [3.05, 3.63) is 197 Å². The van der Waals surface area contributed by atoms with Crippen molar-refractivity contribution in [1.82, 2.24) is 4.57 Å². The number of allylic oxidation sites excluding steroid dienone is 3. The fourth-order valence-electron chi connectivity index (χ4n) is 9.71. The van der Waals surface area contributed by atoms with Gasteiger partial charge in [-0.2, -0.15) is 0 Å². The second kappa shape index (κ2) is 14.3. The number of thiol groups is 1. The van der Waals surface area contributed by atoms with E-state index in [1.54, 1.807) is 0 Å². The molecule has 1 aliphatic carbocycles. The molecule has 0 aliphatic heterocycles. The summed E-state index contributed by atoms with van der Waals surface area (Å²) in [5.74, 6) is 0.307. The third-order valence-electron chi connectivity index (χ3n) is 12.9. The second-order valence-electron chi connectivity index (χ2n) is 16.1. The molecular formula is C54H45BN2S. The zero-order valence-corrected chi connectivity index (χ0v) is 34.6. The molecule has 58 heavy (non-hydrogen) atoms. The average molecular weight is 765 g/mol. The largest absolute Gasteiger partial charge is 0.333 e. The maximum atomic E-state index is 5.13. The number of hydrogen-bond donors (Lipinski definition) is 1. The first-order chi connectivity index (χ1) is 28.3. The summed E-state index contributed by atoms with van der Waals surface area (Å²) in [5.41, 5.74) is 16.0. The maximum Gasteiger partial charge on any atom is 0.113 e. The minimum atomic E-state index is 0.125. The number of hydrogen-bond acceptors (Lipinski definition) is 2. The monoisotopic (exact) mass is 764 g/mol. The van der Waals surface area contributed by atoms with Crippen molar-refractivity contribution in [3.8, 4) is 22.3 Å². The summed E-state index contributed by atoms with van der Waals surface area (Å²) in [6, 6.07) is 62.5. The van der Waals surface area contributed by atoms with Crippen LogP contribution in [0.25, 0.3) is 65.6 Å². The smallest absolute Gasteiger partial charge is 0.113 e. The summed E-state index contributed by atoms with van der Waals surface area (Å²) in [6.45, 7) is 9.06. The van der Waals surface area contributed by atoms with Crippen molar-refractivity contribution >= 4 is 80.9 Å². The molecule has 2 unspecified atom stereocenters. The number of rotatable bonds is 6. The molecule has 0 amide bonds. The van der Waals surface area contributed by atoms with Gasteiger partial charge in [-0.25, -0.2) is 0 Å². The van der Waals surface area contributed by atoms with Crippen molar-refractivity contribution in [3.63, 3.8) is 0 Å². The predicted octanol–water partition coefficient (Wildman–Crippen LogP) is 14.7. The zero-order valence-electron chi connectivity index (χ0n) is 33.7. The summed E-state index contributed by atoms with van der Waals surface area (Å²) in [4.78, 5) is 3.54. The average Bonchev–Trinajstić information content (AvgIpc) is 3.58. The van der Waals surface area contributed by atoms with E-state index in [1.807, 2.05) is 0 Å². The highest BCUT2D eigenvalue weighted by Crippen LogP contribution is 2.50. The Bertz CT molecular complexity index is 3120. The summed E-state index contributed by atoms with van der Waals surface area (Å²) >= 11 is 5.13. The summed E-state index contributed by atoms with van der Waals surface area (Å²) in [5, 5.41) is 7.66. The van der Waals surface area contributed by atoms with E-state index in [1.165, 1.54) is 87.9 Å². The van der Waals surface area contributed by atoms with E-state index in [4.69, 9.17) is 12.6 Å². The van der Waals surface area contributed by atoms with E-state index in [0.29, 0.717) is 5.82 Å². The molecular weight excluding hydrogens is 719 g/mol. The molecule has 4 heteroatoms. The minimum Gasteiger partial charge on any atom is -0.333 e. The molecule has 10 rings (SSSR count). The van der Waals surface area contributed by atoms with Gasteiger partial charge in [-0.15, -0.1) is 12.6 Å². The molecule has 8 aromatic carbocycles. The molecule has 2 atom stereocenters. The van der Waals surface area contributed by atoms with Gasteiger partial charge < -0.3 is 9.47 Å². The van der Waals surface area contributed by atoms with E-state index in [2.05, 4.69) is 215 Å². The van der Waals surface area contributed by atoms with Crippen LogP contribution in [0.5, 0.6) is 0 Å². The molecule has 1 heterocycles. The predicted molar refractivity (Wildman–Crippen MR) is 256 cm³/mol. The Morgan fingerprint density at radius 3 is 1.76 bits per heavy atom. The highest BCUT2D eigenvalue weighted by molar-refractivity contribution is 7.84. The van der Waals surface area contributed by atoms with Crippen LogP contribution in [-0.2, 0) is 0 Å². The quantitative estimate of drug-likeness (QED) is 0.131. The van der Waals surface area contributed by atoms with Gasteiger partial charge in [0.15, 0.2) is 0 Å². The van der Waals surface area contributed by atoms with E-state index >= 15 is 0 Å². The number of para-hydroxylation sites is 1. The van der Waals surface area contributed by atoms with E-state index in [0.717, 1.165) is 22.0 Å². The first kappa shape index (κ1) is 36.1. The standard InChI is InChI=1S/C54H45BN2S/c1-33-31-47-50(57(53-36(4)54(58)35(3)34(2)52(53)55)48-30-25-38-17-11-12-20-44(38)51(47)48)32-49(33)56(40-18-9-6-10-19-40)41-26-23-39(24-27-41)43-29-28-42(37-15-7-5-8-16-37)45-21-13-14-22-46(43)45/h5-32,52-53,58H,55H2,1-4H3. The molecule has 0 N–H and O–H groups in total. The Morgan fingerprint density at radius 2 is 1.09 bits per heavy atom. The van der Waals surface area contributed by atoms with Gasteiger partial charge >= 0.3 is 0 Å². The van der Waals surface area contributed by atoms with Crippen LogP contribution >= 0.6 is 12.6 Å². The molecule has 0 radical (unpaired) electrons. The SMILES string of the molecule is BC1C(C)=C(C)C(S)=C(C)C1n1c2cc(N(c3ccccc3)c3ccc(-c4ccc(-c5ccccc5)c5ccccc45)cc3)c(C)cc2c2c3ccccc3ccc21. The normalized spacial score (nSPS) is 15.9. The lowest BCUT2D eigenvalue weighted by molar-refractivity contribution is 0.588. The third-order valence-corrected chi connectivity index (χ3v) is 13.6. The van der Waals surface area contributed by atoms with Gasteiger partial charge in [0, 0.05) is 27.1 Å². The molecule has 9 aromatic rings. The Labute approximate surface area is 347 Å². The van der Waals surface area contributed by atoms with Crippen molar-refractivity contribution in [2.45, 2.75) is 39.6 Å². The lowest BCUT2D eigenvalue weighted by Gasteiger charge is -2.35. The van der Waals surface area contributed by atoms with Crippen LogP contribution in [-0.4, -0.2) is 12.4 Å². The molecule has 0 bridgehead atoms. The van der Waals surface area contributed by atoms with E-state index < -0.39 is 0 Å². The number of benzene rings is 8. The first-order valence-electron chi connectivity index (χ1n) is 20.4. The number of anilines is 3. The van der Waals surface area contributed by atoms with Gasteiger partial charge in [0.1, 0.15) is 7.85 Å². The lowest BCUT2D eigenvalue weighted by atomic mass is 9.69. The number of aryl methyl sites for hydroxylation is 1. The molecule has 0 fully saturated rings. The summed E-state index contributed by atoms with van der Waals surface area (Å²) < 4.78 is 2.63. The van der Waals surface area contributed by atoms with E-state index in [-0.39, 0.29) is 6.04 Å². The fourth-order valence-corrected chi connectivity index (χ4v) is 10.0. The van der Waals surface area contributed by atoms with Gasteiger partial charge in [-0.3, -0.25) is 0 Å². The van der Waals surface area contributed by atoms with Crippen molar-refractivity contribution < 1.29 is 0 Å². The molecule has 0 spiro atoms. The first-order valence-corrected chi connectivity index (χ1v) is 20.8. The van der Waals surface area contributed by atoms with Gasteiger partial charge in [0.05, 0.1) is 22.8 Å². The molecule has 1 aliphatic rings. The van der Waals surface area contributed by atoms with Gasteiger partial charge in [0.2, 0.25) is 0 Å². The molecule has 1 aromatic heterocycles. The Balaban J connectivity index is 1.17. The van der Waals surface area contributed by atoms with Crippen molar-refractivity contribution in [2.24, 2.45) is 0 Å². The maximum absolute atomic E-state index is 5.13. The highest BCUT2D eigenvalue weighted by atomic mass is 32.1. The van der Waals surface area contributed by atoms with Crippen molar-refractivity contribution in [1.29, 1.82) is 0 Å².